The van der Waals surface area contributed by atoms with Gasteiger partial charge in [0.15, 0.2) is 5.76 Å². The van der Waals surface area contributed by atoms with Crippen LogP contribution in [0.3, 0.4) is 0 Å². The highest BCUT2D eigenvalue weighted by Gasteiger charge is 2.27. The van der Waals surface area contributed by atoms with Crippen LogP contribution in [0.4, 0.5) is 0 Å². The van der Waals surface area contributed by atoms with Crippen molar-refractivity contribution in [1.29, 1.82) is 0 Å². The summed E-state index contributed by atoms with van der Waals surface area (Å²) in [5, 5.41) is 6.84. The van der Waals surface area contributed by atoms with Gasteiger partial charge in [-0.15, -0.1) is 11.3 Å². The number of nitrogens with zero attached hydrogens (tertiary/aromatic N) is 1. The van der Waals surface area contributed by atoms with E-state index < -0.39 is 10.0 Å². The predicted molar refractivity (Wildman–Crippen MR) is 106 cm³/mol. The van der Waals surface area contributed by atoms with Crippen molar-refractivity contribution in [3.63, 3.8) is 0 Å². The molecule has 4 rings (SSSR count). The molecule has 0 saturated heterocycles. The van der Waals surface area contributed by atoms with Crippen molar-refractivity contribution < 1.29 is 12.9 Å². The number of H-pyrrole nitrogens is 1. The molecule has 0 fully saturated rings. The molecule has 0 aliphatic carbocycles. The van der Waals surface area contributed by atoms with Crippen LogP contribution in [0.1, 0.15) is 27.8 Å². The molecule has 1 atom stereocenters. The normalized spacial score (nSPS) is 13.3. The molecule has 0 radical (unpaired) electrons. The summed E-state index contributed by atoms with van der Waals surface area (Å²) in [5.41, 5.74) is 2.46. The highest BCUT2D eigenvalue weighted by atomic mass is 32.2. The molecule has 0 amide bonds. The Kier molecular flexibility index (Phi) is 4.63. The molecule has 0 aliphatic rings. The number of benzene rings is 1. The van der Waals surface area contributed by atoms with Crippen molar-refractivity contribution >= 4 is 32.3 Å². The molecule has 3 aromatic heterocycles. The second-order valence-corrected chi connectivity index (χ2v) is 9.05. The fraction of sp³-hybridized carbons (Fsp3) is 0.211. The van der Waals surface area contributed by atoms with E-state index in [-0.39, 0.29) is 17.4 Å². The van der Waals surface area contributed by atoms with Gasteiger partial charge in [-0.3, -0.25) is 0 Å². The Hall–Kier alpha value is -2.42. The third-order valence-corrected chi connectivity index (χ3v) is 7.25. The van der Waals surface area contributed by atoms with Crippen LogP contribution in [0.25, 0.3) is 10.9 Å². The standard InChI is InChI=1S/C19H19N3O3S2/c1-12-19(13(2)25-22-12)27(23,24)21-11-16(18-8-5-9-26-18)15-10-20-17-7-4-3-6-14(15)17/h3-10,16,20-21H,11H2,1-2H3/t16-/m0/s1. The summed E-state index contributed by atoms with van der Waals surface area (Å²) in [7, 11) is -3.72. The predicted octanol–water partition coefficient (Wildman–Crippen LogP) is 3.94. The lowest BCUT2D eigenvalue weighted by Crippen LogP contribution is -2.29. The lowest BCUT2D eigenvalue weighted by atomic mass is 9.97. The van der Waals surface area contributed by atoms with E-state index in [2.05, 4.69) is 14.9 Å². The SMILES string of the molecule is Cc1noc(C)c1S(=O)(=O)NC[C@H](c1cccs1)c1c[nH]c2ccccc12. The third kappa shape index (κ3) is 3.31. The van der Waals surface area contributed by atoms with Gasteiger partial charge in [-0.2, -0.15) is 0 Å². The van der Waals surface area contributed by atoms with Crippen LogP contribution < -0.4 is 4.72 Å². The number of thiophene rings is 1. The molecule has 27 heavy (non-hydrogen) atoms. The zero-order valence-electron chi connectivity index (χ0n) is 14.9. The summed E-state index contributed by atoms with van der Waals surface area (Å²) < 4.78 is 33.4. The van der Waals surface area contributed by atoms with Gasteiger partial charge in [0.25, 0.3) is 0 Å². The molecular formula is C19H19N3O3S2. The van der Waals surface area contributed by atoms with Gasteiger partial charge in [0.05, 0.1) is 0 Å². The number of hydrogen-bond donors (Lipinski definition) is 2. The third-order valence-electron chi connectivity index (χ3n) is 4.60. The minimum Gasteiger partial charge on any atom is -0.361 e. The van der Waals surface area contributed by atoms with Gasteiger partial charge < -0.3 is 9.51 Å². The quantitative estimate of drug-likeness (QED) is 0.512. The van der Waals surface area contributed by atoms with Gasteiger partial charge in [-0.05, 0) is 36.9 Å². The molecule has 0 aliphatic heterocycles. The largest absolute Gasteiger partial charge is 0.361 e. The maximum Gasteiger partial charge on any atom is 0.245 e. The van der Waals surface area contributed by atoms with Crippen LogP contribution in [-0.4, -0.2) is 25.1 Å². The van der Waals surface area contributed by atoms with Crippen molar-refractivity contribution in [2.45, 2.75) is 24.7 Å². The Morgan fingerprint density at radius 1 is 1.22 bits per heavy atom. The molecule has 0 saturated carbocycles. The molecule has 0 bridgehead atoms. The molecule has 140 valence electrons. The van der Waals surface area contributed by atoms with Crippen LogP contribution >= 0.6 is 11.3 Å². The average Bonchev–Trinajstić information content (AvgIpc) is 3.37. The number of aromatic amines is 1. The smallest absolute Gasteiger partial charge is 0.245 e. The molecule has 0 unspecified atom stereocenters. The number of hydrogen-bond acceptors (Lipinski definition) is 5. The van der Waals surface area contributed by atoms with E-state index in [1.807, 2.05) is 48.0 Å². The molecule has 6 nitrogen and oxygen atoms in total. The molecular weight excluding hydrogens is 382 g/mol. The van der Waals surface area contributed by atoms with Crippen LogP contribution in [-0.2, 0) is 10.0 Å². The van der Waals surface area contributed by atoms with Gasteiger partial charge in [-0.1, -0.05) is 29.4 Å². The molecule has 3 heterocycles. The maximum atomic E-state index is 12.8. The topological polar surface area (TPSA) is 88.0 Å². The molecule has 2 N–H and O–H groups in total. The molecule has 4 aromatic rings. The van der Waals surface area contributed by atoms with Crippen molar-refractivity contribution in [2.75, 3.05) is 6.54 Å². The van der Waals surface area contributed by atoms with Gasteiger partial charge in [0, 0.05) is 34.4 Å². The summed E-state index contributed by atoms with van der Waals surface area (Å²) >= 11 is 1.61. The highest BCUT2D eigenvalue weighted by Crippen LogP contribution is 2.33. The first-order valence-corrected chi connectivity index (χ1v) is 10.9. The van der Waals surface area contributed by atoms with Crippen LogP contribution in [0.15, 0.2) is 57.4 Å². The Morgan fingerprint density at radius 2 is 2.04 bits per heavy atom. The number of aryl methyl sites for hydroxylation is 2. The number of fused-ring (bicyclic) bond motifs is 1. The summed E-state index contributed by atoms with van der Waals surface area (Å²) in [4.78, 5) is 4.49. The van der Waals surface area contributed by atoms with Crippen molar-refractivity contribution in [2.24, 2.45) is 0 Å². The fourth-order valence-corrected chi connectivity index (χ4v) is 5.58. The average molecular weight is 402 g/mol. The minimum atomic E-state index is -3.72. The van der Waals surface area contributed by atoms with Crippen LogP contribution in [0.5, 0.6) is 0 Å². The Balaban J connectivity index is 1.69. The van der Waals surface area contributed by atoms with Gasteiger partial charge >= 0.3 is 0 Å². The Morgan fingerprint density at radius 3 is 2.74 bits per heavy atom. The first-order chi connectivity index (χ1) is 13.0. The van der Waals surface area contributed by atoms with E-state index in [9.17, 15) is 8.42 Å². The van der Waals surface area contributed by atoms with E-state index >= 15 is 0 Å². The number of rotatable bonds is 6. The first kappa shape index (κ1) is 18.0. The maximum absolute atomic E-state index is 12.8. The Bertz CT molecular complexity index is 1150. The lowest BCUT2D eigenvalue weighted by molar-refractivity contribution is 0.390. The second-order valence-electron chi connectivity index (χ2n) is 6.36. The fourth-order valence-electron chi connectivity index (χ4n) is 3.36. The summed E-state index contributed by atoms with van der Waals surface area (Å²) in [6, 6.07) is 12.0. The molecule has 1 aromatic carbocycles. The van der Waals surface area contributed by atoms with E-state index in [1.165, 1.54) is 0 Å². The number of aromatic nitrogens is 2. The van der Waals surface area contributed by atoms with Crippen LogP contribution in [0.2, 0.25) is 0 Å². The zero-order chi connectivity index (χ0) is 19.0. The van der Waals surface area contributed by atoms with Gasteiger partial charge in [-0.25, -0.2) is 13.1 Å². The monoisotopic (exact) mass is 401 g/mol. The van der Waals surface area contributed by atoms with E-state index in [0.29, 0.717) is 11.5 Å². The second kappa shape index (κ2) is 6.95. The summed E-state index contributed by atoms with van der Waals surface area (Å²) in [6.45, 7) is 3.47. The number of nitrogens with one attached hydrogen (secondary N) is 2. The van der Waals surface area contributed by atoms with Crippen molar-refractivity contribution in [3.8, 4) is 0 Å². The van der Waals surface area contributed by atoms with Crippen LogP contribution in [0, 0.1) is 13.8 Å². The minimum absolute atomic E-state index is 0.101. The van der Waals surface area contributed by atoms with E-state index in [1.54, 1.807) is 25.2 Å². The van der Waals surface area contributed by atoms with Crippen molar-refractivity contribution in [1.82, 2.24) is 14.9 Å². The highest BCUT2D eigenvalue weighted by molar-refractivity contribution is 7.89. The summed E-state index contributed by atoms with van der Waals surface area (Å²) in [5.74, 6) is 0.191. The number of sulfonamides is 1. The van der Waals surface area contributed by atoms with Crippen molar-refractivity contribution in [3.05, 3.63) is 69.9 Å². The number of para-hydroxylation sites is 1. The van der Waals surface area contributed by atoms with E-state index in [4.69, 9.17) is 4.52 Å². The zero-order valence-corrected chi connectivity index (χ0v) is 16.5. The molecule has 8 heteroatoms. The van der Waals surface area contributed by atoms with Gasteiger partial charge in [0.1, 0.15) is 10.6 Å². The Labute approximate surface area is 161 Å². The van der Waals surface area contributed by atoms with E-state index in [0.717, 1.165) is 21.3 Å². The first-order valence-electron chi connectivity index (χ1n) is 8.49. The molecule has 0 spiro atoms. The van der Waals surface area contributed by atoms with Gasteiger partial charge in [0.2, 0.25) is 10.0 Å². The lowest BCUT2D eigenvalue weighted by Gasteiger charge is -2.16. The summed E-state index contributed by atoms with van der Waals surface area (Å²) in [6.07, 6.45) is 1.96.